The number of nitrogens with zero attached hydrogens (tertiary/aromatic N) is 1. The number of furan rings is 1. The predicted octanol–water partition coefficient (Wildman–Crippen LogP) is 5.06. The number of hydrogen-bond donors (Lipinski definition) is 0. The summed E-state index contributed by atoms with van der Waals surface area (Å²) in [5.41, 5.74) is 6.83. The maximum Gasteiger partial charge on any atom is 0.433 e. The molecule has 0 amide bonds. The molecule has 1 atom stereocenters. The van der Waals surface area contributed by atoms with Gasteiger partial charge in [-0.2, -0.15) is 0 Å². The molecular weight excluding hydrogens is 290 g/mol. The lowest BCUT2D eigenvalue weighted by Crippen LogP contribution is -2.05. The molecule has 0 N–H and O–H groups in total. The monoisotopic (exact) mass is 307 g/mol. The quantitative estimate of drug-likeness (QED) is 0.452. The molecule has 21 heavy (non-hydrogen) atoms. The summed E-state index contributed by atoms with van der Waals surface area (Å²) in [7, 11) is 0. The minimum absolute atomic E-state index is 0.286. The minimum atomic E-state index is -0.557. The average molecular weight is 308 g/mol. The average Bonchev–Trinajstić information content (AvgIpc) is 2.93. The molecule has 0 aliphatic heterocycles. The lowest BCUT2D eigenvalue weighted by Gasteiger charge is -2.21. The Morgan fingerprint density at radius 2 is 1.48 bits per heavy atom. The largest absolute Gasteiger partial charge is 0.433 e. The molecule has 0 saturated carbocycles. The van der Waals surface area contributed by atoms with E-state index in [1.807, 2.05) is 13.8 Å². The van der Waals surface area contributed by atoms with Crippen molar-refractivity contribution >= 4 is 17.5 Å². The highest BCUT2D eigenvalue weighted by Crippen LogP contribution is 2.38. The Kier molecular flexibility index (Phi) is 4.10. The second-order valence-corrected chi connectivity index (χ2v) is 5.77. The molecule has 2 rings (SSSR count). The molecule has 112 valence electrons. The molecule has 4 nitrogen and oxygen atoms in total. The van der Waals surface area contributed by atoms with Crippen molar-refractivity contribution in [3.05, 3.63) is 61.4 Å². The number of nitro groups is 1. The van der Waals surface area contributed by atoms with Gasteiger partial charge < -0.3 is 4.42 Å². The summed E-state index contributed by atoms with van der Waals surface area (Å²) in [6, 6.07) is 2.91. The van der Waals surface area contributed by atoms with Gasteiger partial charge in [0.05, 0.1) is 6.07 Å². The molecule has 1 heterocycles. The molecule has 0 aliphatic carbocycles. The minimum Gasteiger partial charge on any atom is -0.404 e. The van der Waals surface area contributed by atoms with Gasteiger partial charge in [-0.1, -0.05) is 0 Å². The summed E-state index contributed by atoms with van der Waals surface area (Å²) in [6.45, 7) is 10.3. The van der Waals surface area contributed by atoms with Crippen LogP contribution < -0.4 is 0 Å². The number of hydrogen-bond acceptors (Lipinski definition) is 3. The highest BCUT2D eigenvalue weighted by molar-refractivity contribution is 6.22. The molecule has 2 aromatic rings. The van der Waals surface area contributed by atoms with Gasteiger partial charge >= 0.3 is 5.88 Å². The third-order valence-corrected chi connectivity index (χ3v) is 4.79. The number of rotatable bonds is 3. The van der Waals surface area contributed by atoms with Gasteiger partial charge in [0.2, 0.25) is 0 Å². The van der Waals surface area contributed by atoms with Gasteiger partial charge in [-0.05, 0) is 74.1 Å². The predicted molar refractivity (Wildman–Crippen MR) is 83.2 cm³/mol. The van der Waals surface area contributed by atoms with E-state index in [2.05, 4.69) is 20.8 Å². The highest BCUT2D eigenvalue weighted by Gasteiger charge is 2.24. The molecule has 0 spiro atoms. The van der Waals surface area contributed by atoms with Crippen molar-refractivity contribution in [3.8, 4) is 0 Å². The lowest BCUT2D eigenvalue weighted by atomic mass is 9.87. The van der Waals surface area contributed by atoms with E-state index in [1.165, 1.54) is 22.8 Å². The van der Waals surface area contributed by atoms with Crippen molar-refractivity contribution in [3.63, 3.8) is 0 Å². The van der Waals surface area contributed by atoms with Crippen LogP contribution in [0.25, 0.3) is 0 Å². The summed E-state index contributed by atoms with van der Waals surface area (Å²) >= 11 is 6.54. The van der Waals surface area contributed by atoms with E-state index in [0.29, 0.717) is 5.76 Å². The van der Waals surface area contributed by atoms with Crippen molar-refractivity contribution in [1.82, 2.24) is 0 Å². The first-order chi connectivity index (χ1) is 9.75. The van der Waals surface area contributed by atoms with Gasteiger partial charge in [0.1, 0.15) is 16.1 Å². The van der Waals surface area contributed by atoms with E-state index in [1.54, 1.807) is 6.07 Å². The number of alkyl halides is 1. The smallest absolute Gasteiger partial charge is 0.404 e. The molecule has 5 heteroatoms. The van der Waals surface area contributed by atoms with Crippen LogP contribution in [0, 0.1) is 44.7 Å². The summed E-state index contributed by atoms with van der Waals surface area (Å²) in [5, 5.41) is 10.2. The van der Waals surface area contributed by atoms with Crippen molar-refractivity contribution in [2.75, 3.05) is 0 Å². The molecular formula is C16H18ClNO3. The van der Waals surface area contributed by atoms with Crippen molar-refractivity contribution in [2.45, 2.75) is 40.0 Å². The Hall–Kier alpha value is -1.81. The van der Waals surface area contributed by atoms with Crippen molar-refractivity contribution < 1.29 is 9.34 Å². The van der Waals surface area contributed by atoms with E-state index >= 15 is 0 Å². The third-order valence-electron chi connectivity index (χ3n) is 4.35. The van der Waals surface area contributed by atoms with E-state index in [0.717, 1.165) is 16.7 Å². The normalized spacial score (nSPS) is 12.5. The molecule has 0 bridgehead atoms. The van der Waals surface area contributed by atoms with Crippen LogP contribution in [-0.2, 0) is 0 Å². The first-order valence-electron chi connectivity index (χ1n) is 6.70. The van der Waals surface area contributed by atoms with Gasteiger partial charge in [-0.25, -0.2) is 0 Å². The first kappa shape index (κ1) is 15.6. The molecule has 0 saturated heterocycles. The van der Waals surface area contributed by atoms with E-state index in [4.69, 9.17) is 16.0 Å². The number of benzene rings is 1. The van der Waals surface area contributed by atoms with Gasteiger partial charge in [-0.15, -0.1) is 11.6 Å². The SMILES string of the molecule is Cc1c(C)c(C)c(C(Cl)c2ccc([N+](=O)[O-])o2)c(C)c1C. The first-order valence-corrected chi connectivity index (χ1v) is 7.14. The third kappa shape index (κ3) is 2.56. The maximum atomic E-state index is 10.7. The molecule has 1 aromatic carbocycles. The van der Waals surface area contributed by atoms with Crippen LogP contribution in [0.15, 0.2) is 16.5 Å². The standard InChI is InChI=1S/C16H18ClNO3/c1-8-9(2)11(4)15(12(5)10(8)3)16(17)13-6-7-14(21-13)18(19)20/h6-7,16H,1-5H3. The topological polar surface area (TPSA) is 56.3 Å². The molecule has 0 radical (unpaired) electrons. The Morgan fingerprint density at radius 1 is 1.00 bits per heavy atom. The lowest BCUT2D eigenvalue weighted by molar-refractivity contribution is -0.402. The number of halogens is 1. The van der Waals surface area contributed by atoms with E-state index in [9.17, 15) is 10.1 Å². The summed E-state index contributed by atoms with van der Waals surface area (Å²) in [6.07, 6.45) is 0. The molecule has 1 unspecified atom stereocenters. The van der Waals surface area contributed by atoms with Gasteiger partial charge in [0, 0.05) is 0 Å². The van der Waals surface area contributed by atoms with Gasteiger partial charge in [0.15, 0.2) is 0 Å². The summed E-state index contributed by atoms with van der Waals surface area (Å²) in [5.74, 6) is 0.115. The Labute approximate surface area is 128 Å². The molecule has 1 aromatic heterocycles. The van der Waals surface area contributed by atoms with E-state index in [-0.39, 0.29) is 5.88 Å². The zero-order chi connectivity index (χ0) is 15.9. The van der Waals surface area contributed by atoms with Crippen LogP contribution in [0.1, 0.15) is 44.5 Å². The highest BCUT2D eigenvalue weighted by atomic mass is 35.5. The summed E-state index contributed by atoms with van der Waals surface area (Å²) < 4.78 is 5.25. The van der Waals surface area contributed by atoms with Gasteiger partial charge in [0.25, 0.3) is 0 Å². The van der Waals surface area contributed by atoms with Crippen LogP contribution in [0.4, 0.5) is 5.88 Å². The fraction of sp³-hybridized carbons (Fsp3) is 0.375. The van der Waals surface area contributed by atoms with Crippen LogP contribution in [0.3, 0.4) is 0 Å². The Morgan fingerprint density at radius 3 is 1.90 bits per heavy atom. The fourth-order valence-corrected chi connectivity index (χ4v) is 3.07. The second-order valence-electron chi connectivity index (χ2n) is 5.33. The second kappa shape index (κ2) is 5.53. The Balaban J connectivity index is 2.57. The van der Waals surface area contributed by atoms with Crippen LogP contribution in [-0.4, -0.2) is 4.92 Å². The molecule has 0 aliphatic rings. The summed E-state index contributed by atoms with van der Waals surface area (Å²) in [4.78, 5) is 10.2. The van der Waals surface area contributed by atoms with Crippen molar-refractivity contribution in [2.24, 2.45) is 0 Å². The Bertz CT molecular complexity index is 690. The van der Waals surface area contributed by atoms with Crippen LogP contribution in [0.2, 0.25) is 0 Å². The van der Waals surface area contributed by atoms with E-state index < -0.39 is 10.3 Å². The van der Waals surface area contributed by atoms with Crippen LogP contribution in [0.5, 0.6) is 0 Å². The van der Waals surface area contributed by atoms with Crippen LogP contribution >= 0.6 is 11.6 Å². The zero-order valence-corrected chi connectivity index (χ0v) is 13.5. The van der Waals surface area contributed by atoms with Crippen molar-refractivity contribution in [1.29, 1.82) is 0 Å². The fourth-order valence-electron chi connectivity index (χ4n) is 2.63. The van der Waals surface area contributed by atoms with Gasteiger partial charge in [-0.3, -0.25) is 10.1 Å². The zero-order valence-electron chi connectivity index (χ0n) is 12.8. The maximum absolute atomic E-state index is 10.7. The molecule has 0 fully saturated rings.